The van der Waals surface area contributed by atoms with Crippen LogP contribution in [0.5, 0.6) is 0 Å². The second-order valence-corrected chi connectivity index (χ2v) is 4.13. The average molecular weight is 233 g/mol. The molecule has 0 unspecified atom stereocenters. The maximum absolute atomic E-state index is 11.7. The summed E-state index contributed by atoms with van der Waals surface area (Å²) < 4.78 is 6.28. The fourth-order valence-corrected chi connectivity index (χ4v) is 1.98. The molecule has 0 spiro atoms. The van der Waals surface area contributed by atoms with Crippen molar-refractivity contribution >= 4 is 10.9 Å². The molecule has 4 heteroatoms. The maximum Gasteiger partial charge on any atom is 0.422 e. The van der Waals surface area contributed by atoms with Crippen LogP contribution in [0.4, 0.5) is 0 Å². The minimum absolute atomic E-state index is 0.473. The first-order valence-electron chi connectivity index (χ1n) is 5.78. The lowest BCUT2D eigenvalue weighted by Gasteiger charge is -2.09. The van der Waals surface area contributed by atoms with Crippen molar-refractivity contribution in [3.8, 4) is 0 Å². The molecule has 0 saturated heterocycles. The van der Waals surface area contributed by atoms with Crippen LogP contribution in [-0.2, 0) is 6.54 Å². The highest BCUT2D eigenvalue weighted by Gasteiger charge is 2.10. The van der Waals surface area contributed by atoms with Gasteiger partial charge in [0.25, 0.3) is 0 Å². The zero-order valence-electron chi connectivity index (χ0n) is 10.0. The van der Waals surface area contributed by atoms with Gasteiger partial charge in [-0.2, -0.15) is 0 Å². The van der Waals surface area contributed by atoms with E-state index in [1.54, 1.807) is 16.7 Å². The lowest BCUT2D eigenvalue weighted by Crippen LogP contribution is -2.25. The summed E-state index contributed by atoms with van der Waals surface area (Å²) in [7, 11) is 0. The number of hydrogen-bond acceptors (Lipinski definition) is 3. The van der Waals surface area contributed by atoms with Crippen LogP contribution in [0.1, 0.15) is 25.3 Å². The van der Waals surface area contributed by atoms with E-state index >= 15 is 0 Å². The van der Waals surface area contributed by atoms with Gasteiger partial charge in [-0.25, -0.2) is 9.59 Å². The van der Waals surface area contributed by atoms with Crippen LogP contribution >= 0.6 is 0 Å². The molecule has 0 aliphatic carbocycles. The van der Waals surface area contributed by atoms with Crippen molar-refractivity contribution in [2.24, 2.45) is 0 Å². The van der Waals surface area contributed by atoms with E-state index in [1.165, 1.54) is 0 Å². The predicted molar refractivity (Wildman–Crippen MR) is 66.4 cm³/mol. The molecule has 1 aromatic carbocycles. The molecule has 1 aromatic heterocycles. The minimum Gasteiger partial charge on any atom is -0.372 e. The number of aryl methyl sites for hydroxylation is 2. The molecule has 17 heavy (non-hydrogen) atoms. The van der Waals surface area contributed by atoms with Crippen molar-refractivity contribution in [1.82, 2.24) is 4.57 Å². The van der Waals surface area contributed by atoms with E-state index in [9.17, 15) is 9.59 Å². The van der Waals surface area contributed by atoms with Gasteiger partial charge >= 0.3 is 11.4 Å². The average Bonchev–Trinajstić information content (AvgIpc) is 2.30. The monoisotopic (exact) mass is 233 g/mol. The highest BCUT2D eigenvalue weighted by atomic mass is 16.4. The zero-order valence-corrected chi connectivity index (χ0v) is 10.0. The molecule has 1 heterocycles. The Kier molecular flexibility index (Phi) is 3.13. The Morgan fingerprint density at radius 2 is 2.06 bits per heavy atom. The van der Waals surface area contributed by atoms with Gasteiger partial charge in [-0.05, 0) is 25.0 Å². The summed E-state index contributed by atoms with van der Waals surface area (Å²) in [5.41, 5.74) is 1.06. The quantitative estimate of drug-likeness (QED) is 0.815. The SMILES string of the molecule is CCCCn1c(=O)oc(=O)c2cccc(C)c21. The van der Waals surface area contributed by atoms with Crippen LogP contribution in [-0.4, -0.2) is 4.57 Å². The van der Waals surface area contributed by atoms with Gasteiger partial charge in [0.1, 0.15) is 0 Å². The Hall–Kier alpha value is -1.84. The van der Waals surface area contributed by atoms with E-state index in [1.807, 2.05) is 13.0 Å². The molecule has 2 aromatic rings. The molecule has 0 N–H and O–H groups in total. The van der Waals surface area contributed by atoms with Crippen LogP contribution < -0.4 is 11.4 Å². The van der Waals surface area contributed by atoms with Crippen LogP contribution in [0.3, 0.4) is 0 Å². The molecule has 4 nitrogen and oxygen atoms in total. The third-order valence-corrected chi connectivity index (χ3v) is 2.86. The van der Waals surface area contributed by atoms with E-state index in [0.29, 0.717) is 17.4 Å². The van der Waals surface area contributed by atoms with Gasteiger partial charge in [-0.1, -0.05) is 25.5 Å². The number of aromatic nitrogens is 1. The summed E-state index contributed by atoms with van der Waals surface area (Å²) in [4.78, 5) is 23.3. The summed E-state index contributed by atoms with van der Waals surface area (Å²) >= 11 is 0. The van der Waals surface area contributed by atoms with Crippen molar-refractivity contribution < 1.29 is 4.42 Å². The number of rotatable bonds is 3. The molecule has 0 aliphatic rings. The van der Waals surface area contributed by atoms with E-state index in [-0.39, 0.29) is 0 Å². The fraction of sp³-hybridized carbons (Fsp3) is 0.385. The number of hydrogen-bond donors (Lipinski definition) is 0. The van der Waals surface area contributed by atoms with Gasteiger partial charge in [0.05, 0.1) is 10.9 Å². The summed E-state index contributed by atoms with van der Waals surface area (Å²) in [5, 5.41) is 0.473. The minimum atomic E-state index is -0.565. The molecule has 0 radical (unpaired) electrons. The lowest BCUT2D eigenvalue weighted by molar-refractivity contribution is 0.411. The molecule has 2 rings (SSSR count). The zero-order chi connectivity index (χ0) is 12.4. The van der Waals surface area contributed by atoms with E-state index in [2.05, 4.69) is 6.92 Å². The first-order chi connectivity index (χ1) is 8.15. The van der Waals surface area contributed by atoms with Gasteiger partial charge in [-0.15, -0.1) is 0 Å². The topological polar surface area (TPSA) is 52.2 Å². The van der Waals surface area contributed by atoms with Gasteiger partial charge in [0, 0.05) is 6.54 Å². The van der Waals surface area contributed by atoms with Crippen molar-refractivity contribution in [2.45, 2.75) is 33.2 Å². The molecule has 0 amide bonds. The number of unbranched alkanes of at least 4 members (excludes halogenated alkanes) is 1. The second-order valence-electron chi connectivity index (χ2n) is 4.13. The van der Waals surface area contributed by atoms with E-state index in [0.717, 1.165) is 18.4 Å². The Labute approximate surface area is 98.5 Å². The summed E-state index contributed by atoms with van der Waals surface area (Å²) in [5.74, 6) is -0.565. The second kappa shape index (κ2) is 4.57. The van der Waals surface area contributed by atoms with E-state index in [4.69, 9.17) is 4.42 Å². The number of fused-ring (bicyclic) bond motifs is 1. The van der Waals surface area contributed by atoms with Crippen molar-refractivity contribution in [2.75, 3.05) is 0 Å². The first-order valence-corrected chi connectivity index (χ1v) is 5.78. The first kappa shape index (κ1) is 11.6. The molecular formula is C13H15NO3. The van der Waals surface area contributed by atoms with Crippen molar-refractivity contribution in [1.29, 1.82) is 0 Å². The van der Waals surface area contributed by atoms with Crippen LogP contribution in [0, 0.1) is 6.92 Å². The highest BCUT2D eigenvalue weighted by molar-refractivity contribution is 5.80. The Morgan fingerprint density at radius 3 is 2.76 bits per heavy atom. The molecule has 90 valence electrons. The molecule has 0 saturated carbocycles. The van der Waals surface area contributed by atoms with Gasteiger partial charge < -0.3 is 4.42 Å². The summed E-state index contributed by atoms with van der Waals surface area (Å²) in [6, 6.07) is 5.38. The smallest absolute Gasteiger partial charge is 0.372 e. The molecule has 0 bridgehead atoms. The van der Waals surface area contributed by atoms with Crippen molar-refractivity contribution in [3.05, 3.63) is 44.7 Å². The molecule has 0 aliphatic heterocycles. The van der Waals surface area contributed by atoms with Crippen molar-refractivity contribution in [3.63, 3.8) is 0 Å². The standard InChI is InChI=1S/C13H15NO3/c1-3-4-8-14-11-9(2)6-5-7-10(11)12(15)17-13(14)16/h5-7H,3-4,8H2,1-2H3. The Bertz CT molecular complexity index is 652. The van der Waals surface area contributed by atoms with E-state index < -0.39 is 11.4 Å². The maximum atomic E-state index is 11.7. The number of benzene rings is 1. The number of nitrogens with zero attached hydrogens (tertiary/aromatic N) is 1. The van der Waals surface area contributed by atoms with Crippen LogP contribution in [0.15, 0.2) is 32.2 Å². The lowest BCUT2D eigenvalue weighted by atomic mass is 10.1. The normalized spacial score (nSPS) is 10.9. The summed E-state index contributed by atoms with van der Waals surface area (Å²) in [6.45, 7) is 4.53. The van der Waals surface area contributed by atoms with Crippen LogP contribution in [0.25, 0.3) is 10.9 Å². The predicted octanol–water partition coefficient (Wildman–Crippen LogP) is 2.06. The molecular weight excluding hydrogens is 218 g/mol. The largest absolute Gasteiger partial charge is 0.422 e. The van der Waals surface area contributed by atoms with Gasteiger partial charge in [0.15, 0.2) is 0 Å². The Balaban J connectivity index is 2.81. The third-order valence-electron chi connectivity index (χ3n) is 2.86. The van der Waals surface area contributed by atoms with Gasteiger partial charge in [0.2, 0.25) is 0 Å². The highest BCUT2D eigenvalue weighted by Crippen LogP contribution is 2.13. The third kappa shape index (κ3) is 2.02. The fourth-order valence-electron chi connectivity index (χ4n) is 1.98. The van der Waals surface area contributed by atoms with Gasteiger partial charge in [-0.3, -0.25) is 4.57 Å². The number of para-hydroxylation sites is 1. The van der Waals surface area contributed by atoms with Crippen LogP contribution in [0.2, 0.25) is 0 Å². The summed E-state index contributed by atoms with van der Waals surface area (Å²) in [6.07, 6.45) is 1.87. The molecule has 0 fully saturated rings. The Morgan fingerprint density at radius 1 is 1.29 bits per heavy atom. The molecule has 0 atom stereocenters.